The summed E-state index contributed by atoms with van der Waals surface area (Å²) in [5.41, 5.74) is 1.45. The van der Waals surface area contributed by atoms with Crippen LogP contribution >= 0.6 is 0 Å². The van der Waals surface area contributed by atoms with E-state index in [1.54, 1.807) is 11.8 Å². The van der Waals surface area contributed by atoms with E-state index in [-0.39, 0.29) is 12.5 Å². The summed E-state index contributed by atoms with van der Waals surface area (Å²) in [7, 11) is 0. The molecule has 2 aromatic rings. The van der Waals surface area contributed by atoms with Crippen molar-refractivity contribution in [3.05, 3.63) is 36.0 Å². The number of aromatic nitrogens is 1. The van der Waals surface area contributed by atoms with Gasteiger partial charge < -0.3 is 19.5 Å². The SMILES string of the molecule is CCOC(=O)C(=O)N1CCCN(C(=O)c2cc3ccccc3[nH]2)CC1. The number of fused-ring (bicyclic) bond motifs is 1. The Bertz CT molecular complexity index is 765. The molecule has 0 radical (unpaired) electrons. The Balaban J connectivity index is 1.67. The Labute approximate surface area is 145 Å². The van der Waals surface area contributed by atoms with E-state index in [4.69, 9.17) is 4.74 Å². The molecule has 1 aromatic carbocycles. The number of benzene rings is 1. The van der Waals surface area contributed by atoms with Crippen LogP contribution in [0.3, 0.4) is 0 Å². The van der Waals surface area contributed by atoms with Gasteiger partial charge in [-0.2, -0.15) is 0 Å². The third-order valence-corrected chi connectivity index (χ3v) is 4.28. The van der Waals surface area contributed by atoms with Crippen LogP contribution in [0.4, 0.5) is 0 Å². The first-order valence-electron chi connectivity index (χ1n) is 8.43. The average molecular weight is 343 g/mol. The number of amides is 2. The lowest BCUT2D eigenvalue weighted by atomic mass is 10.2. The lowest BCUT2D eigenvalue weighted by molar-refractivity contribution is -0.159. The molecule has 0 unspecified atom stereocenters. The predicted octanol–water partition coefficient (Wildman–Crippen LogP) is 1.41. The summed E-state index contributed by atoms with van der Waals surface area (Å²) in [5, 5.41) is 0.986. The van der Waals surface area contributed by atoms with E-state index in [9.17, 15) is 14.4 Å². The molecule has 7 nitrogen and oxygen atoms in total. The third-order valence-electron chi connectivity index (χ3n) is 4.28. The van der Waals surface area contributed by atoms with Crippen LogP contribution in [-0.4, -0.2) is 65.4 Å². The number of esters is 1. The standard InChI is InChI=1S/C18H21N3O4/c1-2-25-18(24)17(23)21-9-5-8-20(10-11-21)16(22)15-12-13-6-3-4-7-14(13)19-15/h3-4,6-7,12,19H,2,5,8-11H2,1H3. The fraction of sp³-hybridized carbons (Fsp3) is 0.389. The number of hydrogen-bond acceptors (Lipinski definition) is 4. The minimum absolute atomic E-state index is 0.0957. The lowest BCUT2D eigenvalue weighted by Crippen LogP contribution is -2.41. The smallest absolute Gasteiger partial charge is 0.397 e. The molecule has 1 aromatic heterocycles. The molecule has 1 N–H and O–H groups in total. The van der Waals surface area contributed by atoms with E-state index >= 15 is 0 Å². The molecule has 2 heterocycles. The summed E-state index contributed by atoms with van der Waals surface area (Å²) in [6.07, 6.45) is 0.622. The van der Waals surface area contributed by atoms with Gasteiger partial charge in [-0.25, -0.2) is 4.79 Å². The number of nitrogens with zero attached hydrogens (tertiary/aromatic N) is 2. The maximum atomic E-state index is 12.7. The number of nitrogens with one attached hydrogen (secondary N) is 1. The van der Waals surface area contributed by atoms with E-state index in [2.05, 4.69) is 4.98 Å². The maximum Gasteiger partial charge on any atom is 0.397 e. The number of rotatable bonds is 2. The van der Waals surface area contributed by atoms with Crippen molar-refractivity contribution in [2.24, 2.45) is 0 Å². The third kappa shape index (κ3) is 3.65. The first-order chi connectivity index (χ1) is 12.1. The van der Waals surface area contributed by atoms with Crippen molar-refractivity contribution >= 4 is 28.7 Å². The molecule has 132 valence electrons. The number of H-pyrrole nitrogens is 1. The van der Waals surface area contributed by atoms with Gasteiger partial charge in [0.1, 0.15) is 5.69 Å². The topological polar surface area (TPSA) is 82.7 Å². The normalized spacial score (nSPS) is 15.1. The Hall–Kier alpha value is -2.83. The van der Waals surface area contributed by atoms with E-state index in [1.807, 2.05) is 30.3 Å². The van der Waals surface area contributed by atoms with Gasteiger partial charge in [-0.05, 0) is 25.5 Å². The Morgan fingerprint density at radius 2 is 1.80 bits per heavy atom. The first-order valence-corrected chi connectivity index (χ1v) is 8.43. The van der Waals surface area contributed by atoms with Gasteiger partial charge in [0.05, 0.1) is 6.61 Å². The molecule has 0 atom stereocenters. The zero-order chi connectivity index (χ0) is 17.8. The summed E-state index contributed by atoms with van der Waals surface area (Å²) in [6.45, 7) is 3.52. The van der Waals surface area contributed by atoms with Gasteiger partial charge in [0.15, 0.2) is 0 Å². The zero-order valence-electron chi connectivity index (χ0n) is 14.2. The maximum absolute atomic E-state index is 12.7. The van der Waals surface area contributed by atoms with Crippen LogP contribution in [0.5, 0.6) is 0 Å². The Morgan fingerprint density at radius 1 is 1.08 bits per heavy atom. The Morgan fingerprint density at radius 3 is 2.56 bits per heavy atom. The van der Waals surface area contributed by atoms with E-state index in [0.717, 1.165) is 10.9 Å². The first kappa shape index (κ1) is 17.0. The summed E-state index contributed by atoms with van der Waals surface area (Å²) in [4.78, 5) is 42.7. The van der Waals surface area contributed by atoms with Crippen molar-refractivity contribution in [1.29, 1.82) is 0 Å². The van der Waals surface area contributed by atoms with Crippen molar-refractivity contribution in [1.82, 2.24) is 14.8 Å². The number of carbonyl (C=O) groups excluding carboxylic acids is 3. The number of aromatic amines is 1. The zero-order valence-corrected chi connectivity index (χ0v) is 14.2. The molecule has 1 aliphatic rings. The number of hydrogen-bond donors (Lipinski definition) is 1. The van der Waals surface area contributed by atoms with Crippen LogP contribution in [0.1, 0.15) is 23.8 Å². The van der Waals surface area contributed by atoms with Crippen molar-refractivity contribution in [2.45, 2.75) is 13.3 Å². The van der Waals surface area contributed by atoms with Crippen LogP contribution in [0.25, 0.3) is 10.9 Å². The largest absolute Gasteiger partial charge is 0.459 e. The molecule has 2 amide bonds. The molecule has 1 fully saturated rings. The molecule has 7 heteroatoms. The summed E-state index contributed by atoms with van der Waals surface area (Å²) in [6, 6.07) is 9.55. The molecule has 0 aliphatic carbocycles. The van der Waals surface area contributed by atoms with Gasteiger partial charge in [0, 0.05) is 37.1 Å². The number of ether oxygens (including phenoxy) is 1. The van der Waals surface area contributed by atoms with E-state index in [1.165, 1.54) is 4.90 Å². The predicted molar refractivity (Wildman–Crippen MR) is 92.0 cm³/mol. The fourth-order valence-corrected chi connectivity index (χ4v) is 3.00. The van der Waals surface area contributed by atoms with Crippen LogP contribution < -0.4 is 0 Å². The molecule has 25 heavy (non-hydrogen) atoms. The Kier molecular flexibility index (Phi) is 5.02. The van der Waals surface area contributed by atoms with Gasteiger partial charge >= 0.3 is 11.9 Å². The highest BCUT2D eigenvalue weighted by Gasteiger charge is 2.27. The lowest BCUT2D eigenvalue weighted by Gasteiger charge is -2.21. The van der Waals surface area contributed by atoms with Gasteiger partial charge in [-0.1, -0.05) is 18.2 Å². The molecular weight excluding hydrogens is 322 g/mol. The molecule has 1 saturated heterocycles. The second kappa shape index (κ2) is 7.38. The van der Waals surface area contributed by atoms with Gasteiger partial charge in [-0.15, -0.1) is 0 Å². The molecule has 0 spiro atoms. The van der Waals surface area contributed by atoms with Crippen molar-refractivity contribution in [2.75, 3.05) is 32.8 Å². The molecular formula is C18H21N3O4. The second-order valence-electron chi connectivity index (χ2n) is 5.93. The van der Waals surface area contributed by atoms with E-state index in [0.29, 0.717) is 38.3 Å². The number of para-hydroxylation sites is 1. The number of carbonyl (C=O) groups is 3. The van der Waals surface area contributed by atoms with Crippen LogP contribution in [0, 0.1) is 0 Å². The quantitative estimate of drug-likeness (QED) is 0.660. The van der Waals surface area contributed by atoms with Gasteiger partial charge in [0.25, 0.3) is 5.91 Å². The van der Waals surface area contributed by atoms with Crippen molar-refractivity contribution in [3.63, 3.8) is 0 Å². The van der Waals surface area contributed by atoms with Gasteiger partial charge in [-0.3, -0.25) is 9.59 Å². The van der Waals surface area contributed by atoms with Crippen molar-refractivity contribution in [3.8, 4) is 0 Å². The van der Waals surface area contributed by atoms with Gasteiger partial charge in [0.2, 0.25) is 0 Å². The van der Waals surface area contributed by atoms with Crippen LogP contribution in [0.15, 0.2) is 30.3 Å². The molecule has 3 rings (SSSR count). The summed E-state index contributed by atoms with van der Waals surface area (Å²) < 4.78 is 4.76. The summed E-state index contributed by atoms with van der Waals surface area (Å²) >= 11 is 0. The second-order valence-corrected chi connectivity index (χ2v) is 5.93. The van der Waals surface area contributed by atoms with Crippen LogP contribution in [0.2, 0.25) is 0 Å². The minimum Gasteiger partial charge on any atom is -0.459 e. The monoisotopic (exact) mass is 343 g/mol. The summed E-state index contributed by atoms with van der Waals surface area (Å²) in [5.74, 6) is -1.57. The highest BCUT2D eigenvalue weighted by Crippen LogP contribution is 2.17. The van der Waals surface area contributed by atoms with Crippen molar-refractivity contribution < 1.29 is 19.1 Å². The molecule has 0 bridgehead atoms. The molecule has 0 saturated carbocycles. The fourth-order valence-electron chi connectivity index (χ4n) is 3.00. The van der Waals surface area contributed by atoms with E-state index < -0.39 is 11.9 Å². The highest BCUT2D eigenvalue weighted by molar-refractivity contribution is 6.32. The van der Waals surface area contributed by atoms with Crippen LogP contribution in [-0.2, 0) is 14.3 Å². The minimum atomic E-state index is -0.835. The molecule has 1 aliphatic heterocycles. The average Bonchev–Trinajstić information content (AvgIpc) is 2.90. The highest BCUT2D eigenvalue weighted by atomic mass is 16.5.